The van der Waals surface area contributed by atoms with Gasteiger partial charge in [0, 0.05) is 687 Å². The third-order valence-electron chi connectivity index (χ3n) is 0. The van der Waals surface area contributed by atoms with E-state index in [1.165, 1.54) is 0 Å². The van der Waals surface area contributed by atoms with Gasteiger partial charge in [-0.3, -0.25) is 0 Å². The molecule has 0 unspecified atom stereocenters. The van der Waals surface area contributed by atoms with Crippen LogP contribution in [0.1, 0.15) is 55.9 Å². The van der Waals surface area contributed by atoms with Crippen LogP contribution in [0, 0.1) is 13.3 Å². The molecule has 0 nitrogen and oxygen atoms in total. The fourth-order valence-corrected chi connectivity index (χ4v) is 0. The third kappa shape index (κ3) is 259. The molecule has 0 atom stereocenters. The van der Waals surface area contributed by atoms with E-state index >= 15 is 0 Å². The van der Waals surface area contributed by atoms with E-state index in [2.05, 4.69) is 20.8 Å². The largest absolute Gasteiger partial charge is 0.358 e. The zero-order valence-electron chi connectivity index (χ0n) is 20.7. The molecule has 0 heterocycles. The van der Waals surface area contributed by atoms with E-state index in [4.69, 9.17) is 0 Å². The third-order valence-corrected chi connectivity index (χ3v) is 0. The Morgan fingerprint density at radius 2 is 0.258 bits per heavy atom. The number of rotatable bonds is 0. The van der Waals surface area contributed by atoms with Crippen LogP contribution in [0.2, 0.25) is 0 Å². The monoisotopic (exact) mass is 2020 g/mol. The van der Waals surface area contributed by atoms with Gasteiger partial charge in [-0.2, -0.15) is 0 Å². The minimum atomic E-state index is 0. The fourth-order valence-electron chi connectivity index (χ4n) is 0. The quantitative estimate of drug-likeness (QED) is 0.308. The second kappa shape index (κ2) is 211. The summed E-state index contributed by atoms with van der Waals surface area (Å²) in [5.74, 6) is 0.833. The van der Waals surface area contributed by atoms with Gasteiger partial charge in [-0.15, -0.1) is 0 Å². The van der Waals surface area contributed by atoms with Crippen molar-refractivity contribution in [3.63, 3.8) is 0 Å². The zero-order chi connectivity index (χ0) is 7.58. The molecule has 0 saturated carbocycles. The molecular weight excluding hydrogens is 1990 g/mol. The van der Waals surface area contributed by atoms with Crippen LogP contribution in [0.15, 0.2) is 0 Å². The predicted octanol–water partition coefficient (Wildman–Crippen LogP) is 4.75. The summed E-state index contributed by atoms with van der Waals surface area (Å²) < 4.78 is 0. The molecule has 0 aliphatic heterocycles. The average molecular weight is 2020 g/mol. The Bertz CT molecular complexity index is 32.9. The molecule has 0 spiro atoms. The van der Waals surface area contributed by atoms with E-state index in [9.17, 15) is 0 Å². The topological polar surface area (TPSA) is 0 Å². The maximum atomic E-state index is 2.17. The summed E-state index contributed by atoms with van der Waals surface area (Å²) >= 11 is 0. The SMILES string of the molecule is C.CC.CC.CC(C)C.[CH3-].[Y].[Y].[Y].[Y].[Y].[Y].[Y].[Y].[Y].[Y].[Y].[Y].[Y].[Y].[Y].[Y].[Y].[Y].[Y].[Y].[Y]. The first-order valence-electron chi connectivity index (χ1n) is 3.73. The molecule has 0 rings (SSSR count). The second-order valence-corrected chi connectivity index (χ2v) is 1.73. The van der Waals surface area contributed by atoms with Crippen molar-refractivity contribution in [2.75, 3.05) is 0 Å². The smallest absolute Gasteiger partial charge is 0 e. The summed E-state index contributed by atoms with van der Waals surface area (Å²) in [5, 5.41) is 0. The van der Waals surface area contributed by atoms with Crippen molar-refractivity contribution in [3.05, 3.63) is 7.43 Å². The summed E-state index contributed by atoms with van der Waals surface area (Å²) in [5.41, 5.74) is 0. The van der Waals surface area contributed by atoms with Crippen molar-refractivity contribution in [3.8, 4) is 0 Å². The van der Waals surface area contributed by atoms with Crippen LogP contribution in [-0.2, 0) is 687 Å². The number of hydrogen-bond donors (Lipinski definition) is 0. The Kier molecular flexibility index (Phi) is 1310. The molecular formula is C10H29Y21-. The van der Waals surface area contributed by atoms with Gasteiger partial charge < -0.3 is 7.43 Å². The molecule has 21 heteroatoms. The van der Waals surface area contributed by atoms with E-state index in [0.29, 0.717) is 0 Å². The molecule has 21 radical (unpaired) electrons. The van der Waals surface area contributed by atoms with E-state index in [1.54, 1.807) is 0 Å². The molecule has 133 valence electrons. The number of hydrogen-bond acceptors (Lipinski definition) is 0. The van der Waals surface area contributed by atoms with E-state index < -0.39 is 0 Å². The van der Waals surface area contributed by atoms with Crippen LogP contribution >= 0.6 is 0 Å². The van der Waals surface area contributed by atoms with Gasteiger partial charge in [0.05, 0.1) is 0 Å². The van der Waals surface area contributed by atoms with Crippen molar-refractivity contribution in [1.82, 2.24) is 0 Å². The van der Waals surface area contributed by atoms with Gasteiger partial charge in [0.1, 0.15) is 0 Å². The summed E-state index contributed by atoms with van der Waals surface area (Å²) in [4.78, 5) is 0. The maximum Gasteiger partial charge on any atom is 0 e. The molecule has 0 amide bonds. The van der Waals surface area contributed by atoms with Crippen LogP contribution < -0.4 is 0 Å². The maximum absolute atomic E-state index is 2.17. The Labute approximate surface area is 729 Å². The van der Waals surface area contributed by atoms with Gasteiger partial charge in [0.15, 0.2) is 0 Å². The van der Waals surface area contributed by atoms with Gasteiger partial charge in [-0.1, -0.05) is 55.9 Å². The van der Waals surface area contributed by atoms with Crippen LogP contribution in [0.25, 0.3) is 0 Å². The van der Waals surface area contributed by atoms with Gasteiger partial charge >= 0.3 is 0 Å². The molecule has 31 heavy (non-hydrogen) atoms. The van der Waals surface area contributed by atoms with Gasteiger partial charge in [0.2, 0.25) is 0 Å². The van der Waals surface area contributed by atoms with Gasteiger partial charge in [-0.05, 0) is 5.92 Å². The molecule has 0 aromatic heterocycles. The molecule has 0 aliphatic rings. The first kappa shape index (κ1) is 193. The van der Waals surface area contributed by atoms with E-state index in [1.807, 2.05) is 27.7 Å². The minimum absolute atomic E-state index is 0. The van der Waals surface area contributed by atoms with Crippen molar-refractivity contribution in [2.24, 2.45) is 5.92 Å². The Balaban J connectivity index is -0.000000000375. The van der Waals surface area contributed by atoms with Crippen molar-refractivity contribution in [1.29, 1.82) is 0 Å². The summed E-state index contributed by atoms with van der Waals surface area (Å²) in [7, 11) is 0. The van der Waals surface area contributed by atoms with Gasteiger partial charge in [-0.25, -0.2) is 0 Å². The Hall–Kier alpha value is 23.2. The summed E-state index contributed by atoms with van der Waals surface area (Å²) in [6.45, 7) is 14.5. The molecule has 0 aromatic carbocycles. The van der Waals surface area contributed by atoms with Crippen molar-refractivity contribution >= 4 is 0 Å². The van der Waals surface area contributed by atoms with Crippen LogP contribution in [0.3, 0.4) is 0 Å². The molecule has 0 N–H and O–H groups in total. The molecule has 0 saturated heterocycles. The van der Waals surface area contributed by atoms with Crippen molar-refractivity contribution < 1.29 is 687 Å². The summed E-state index contributed by atoms with van der Waals surface area (Å²) in [6.07, 6.45) is 0. The summed E-state index contributed by atoms with van der Waals surface area (Å²) in [6, 6.07) is 0. The predicted molar refractivity (Wildman–Crippen MR) is 56.4 cm³/mol. The molecule has 0 fully saturated rings. The normalized spacial score (nSPS) is 1.55. The standard InChI is InChI=1S/C4H10.2C2H6.CH4.CH3.21Y/c1-4(2)3;2*1-2;;;;;;;;;;;;;;;;;;;;;;;/h4H,1-3H3;2*1-2H3;1H4;1H3;;;;;;;;;;;;;;;;;;;;;/q;;;;-1;;;;;;;;;;;;;;;;;;;;;. The average Bonchev–Trinajstić information content (AvgIpc) is 1.75. The second-order valence-electron chi connectivity index (χ2n) is 1.73. The molecule has 0 aliphatic carbocycles. The van der Waals surface area contributed by atoms with Crippen LogP contribution in [-0.4, -0.2) is 0 Å². The fraction of sp³-hybridized carbons (Fsp3) is 0.900. The zero-order valence-corrected chi connectivity index (χ0v) is 80.3. The van der Waals surface area contributed by atoms with Crippen LogP contribution in [0.4, 0.5) is 0 Å². The van der Waals surface area contributed by atoms with Crippen molar-refractivity contribution in [2.45, 2.75) is 55.9 Å². The molecule has 0 aromatic rings. The Morgan fingerprint density at radius 3 is 0.258 bits per heavy atom. The molecule has 0 bridgehead atoms. The van der Waals surface area contributed by atoms with Crippen LogP contribution in [0.5, 0.6) is 0 Å². The first-order chi connectivity index (χ1) is 3.73. The van der Waals surface area contributed by atoms with Gasteiger partial charge in [0.25, 0.3) is 0 Å². The van der Waals surface area contributed by atoms with E-state index in [-0.39, 0.29) is 702 Å². The Morgan fingerprint density at radius 1 is 0.258 bits per heavy atom. The first-order valence-corrected chi connectivity index (χ1v) is 3.73. The van der Waals surface area contributed by atoms with E-state index in [0.717, 1.165) is 5.92 Å². The minimum Gasteiger partial charge on any atom is -0.358 e.